The number of benzene rings is 3. The van der Waals surface area contributed by atoms with Crippen molar-refractivity contribution in [2.45, 2.75) is 26.3 Å². The van der Waals surface area contributed by atoms with Gasteiger partial charge in [-0.25, -0.2) is 9.67 Å². The van der Waals surface area contributed by atoms with Crippen LogP contribution in [0.15, 0.2) is 91.5 Å². The Morgan fingerprint density at radius 2 is 1.41 bits per heavy atom. The topological polar surface area (TPSA) is 57.0 Å². The van der Waals surface area contributed by atoms with Gasteiger partial charge in [0.05, 0.1) is 0 Å². The molecule has 1 unspecified atom stereocenters. The zero-order chi connectivity index (χ0) is 22.8. The highest BCUT2D eigenvalue weighted by molar-refractivity contribution is 6.30. The van der Waals surface area contributed by atoms with E-state index >= 15 is 0 Å². The van der Waals surface area contributed by atoms with Crippen molar-refractivity contribution >= 4 is 17.4 Å². The molecule has 0 radical (unpaired) electrons. The summed E-state index contributed by atoms with van der Waals surface area (Å²) >= 11 is 5.96. The van der Waals surface area contributed by atoms with E-state index in [4.69, 9.17) is 16.3 Å². The molecule has 0 N–H and O–H groups in total. The predicted molar refractivity (Wildman–Crippen MR) is 125 cm³/mol. The summed E-state index contributed by atoms with van der Waals surface area (Å²) in [4.78, 5) is 18.2. The summed E-state index contributed by atoms with van der Waals surface area (Å²) in [6, 6.07) is 24.4. The standard InChI is InChI=1S/C26H24ClN3O2/c1-25(2,3)24(31)26(30-18-28-17-29-30,19-7-5-4-6-8-19)20-9-13-22(14-10-20)32-23-15-11-21(27)12-16-23/h4-18H,1-3H3. The molecule has 4 aromatic rings. The minimum absolute atomic E-state index is 0.00747. The van der Waals surface area contributed by atoms with Crippen molar-refractivity contribution in [1.29, 1.82) is 0 Å². The number of carbonyl (C=O) groups excluding carboxylic acids is 1. The Balaban J connectivity index is 1.85. The molecule has 1 aromatic heterocycles. The van der Waals surface area contributed by atoms with Crippen molar-refractivity contribution in [3.8, 4) is 11.5 Å². The zero-order valence-corrected chi connectivity index (χ0v) is 19.0. The lowest BCUT2D eigenvalue weighted by Gasteiger charge is -2.38. The number of Topliss-reactive ketones (excluding diaryl/α,β-unsaturated/α-hetero) is 1. The smallest absolute Gasteiger partial charge is 0.174 e. The molecule has 0 saturated carbocycles. The first kappa shape index (κ1) is 21.8. The molecule has 0 fully saturated rings. The second-order valence-corrected chi connectivity index (χ2v) is 9.01. The Kier molecular flexibility index (Phi) is 5.85. The minimum atomic E-state index is -1.17. The number of hydrogen-bond acceptors (Lipinski definition) is 4. The Morgan fingerprint density at radius 1 is 0.844 bits per heavy atom. The Hall–Kier alpha value is -3.44. The van der Waals surface area contributed by atoms with E-state index in [-0.39, 0.29) is 5.78 Å². The maximum absolute atomic E-state index is 14.1. The van der Waals surface area contributed by atoms with Crippen molar-refractivity contribution in [3.05, 3.63) is 108 Å². The van der Waals surface area contributed by atoms with E-state index in [2.05, 4.69) is 10.1 Å². The van der Waals surface area contributed by atoms with Crippen LogP contribution in [-0.4, -0.2) is 20.5 Å². The monoisotopic (exact) mass is 445 g/mol. The Labute approximate surface area is 192 Å². The van der Waals surface area contributed by atoms with Crippen LogP contribution in [0.2, 0.25) is 5.02 Å². The van der Waals surface area contributed by atoms with E-state index in [1.54, 1.807) is 23.1 Å². The van der Waals surface area contributed by atoms with Gasteiger partial charge in [0.2, 0.25) is 0 Å². The van der Waals surface area contributed by atoms with Gasteiger partial charge in [-0.3, -0.25) is 4.79 Å². The third kappa shape index (κ3) is 4.04. The first-order valence-corrected chi connectivity index (χ1v) is 10.7. The van der Waals surface area contributed by atoms with Crippen LogP contribution in [0, 0.1) is 5.41 Å². The summed E-state index contributed by atoms with van der Waals surface area (Å²) in [6.07, 6.45) is 3.04. The summed E-state index contributed by atoms with van der Waals surface area (Å²) in [5.74, 6) is 1.34. The van der Waals surface area contributed by atoms with Gasteiger partial charge in [0.1, 0.15) is 24.2 Å². The van der Waals surface area contributed by atoms with E-state index in [1.807, 2.05) is 87.5 Å². The lowest BCUT2D eigenvalue weighted by molar-refractivity contribution is -0.132. The van der Waals surface area contributed by atoms with Crippen LogP contribution in [-0.2, 0) is 10.3 Å². The van der Waals surface area contributed by atoms with Crippen LogP contribution in [0.1, 0.15) is 31.9 Å². The molecule has 0 spiro atoms. The fourth-order valence-electron chi connectivity index (χ4n) is 3.80. The molecule has 0 aliphatic rings. The van der Waals surface area contributed by atoms with Crippen LogP contribution < -0.4 is 4.74 Å². The third-order valence-electron chi connectivity index (χ3n) is 5.29. The second kappa shape index (κ2) is 8.60. The Bertz CT molecular complexity index is 1180. The first-order valence-electron chi connectivity index (χ1n) is 10.3. The molecule has 6 heteroatoms. The molecule has 162 valence electrons. The van der Waals surface area contributed by atoms with Crippen LogP contribution in [0.4, 0.5) is 0 Å². The van der Waals surface area contributed by atoms with E-state index in [0.717, 1.165) is 11.1 Å². The van der Waals surface area contributed by atoms with Crippen molar-refractivity contribution in [3.63, 3.8) is 0 Å². The maximum Gasteiger partial charge on any atom is 0.174 e. The molecule has 0 aliphatic heterocycles. The number of hydrogen-bond donors (Lipinski definition) is 0. The van der Waals surface area contributed by atoms with E-state index in [1.165, 1.54) is 6.33 Å². The van der Waals surface area contributed by atoms with Gasteiger partial charge in [0.15, 0.2) is 11.3 Å². The average Bonchev–Trinajstić information content (AvgIpc) is 3.32. The molecule has 0 bridgehead atoms. The second-order valence-electron chi connectivity index (χ2n) is 8.58. The fraction of sp³-hybridized carbons (Fsp3) is 0.192. The molecule has 5 nitrogen and oxygen atoms in total. The maximum atomic E-state index is 14.1. The van der Waals surface area contributed by atoms with Gasteiger partial charge in [0, 0.05) is 10.4 Å². The number of ether oxygens (including phenoxy) is 1. The molecule has 0 saturated heterocycles. The van der Waals surface area contributed by atoms with Gasteiger partial charge >= 0.3 is 0 Å². The zero-order valence-electron chi connectivity index (χ0n) is 18.2. The molecular formula is C26H24ClN3O2. The van der Waals surface area contributed by atoms with Crippen LogP contribution in [0.3, 0.4) is 0 Å². The van der Waals surface area contributed by atoms with Crippen molar-refractivity contribution in [2.75, 3.05) is 0 Å². The molecule has 1 heterocycles. The highest BCUT2D eigenvalue weighted by Gasteiger charge is 2.49. The first-order chi connectivity index (χ1) is 15.3. The van der Waals surface area contributed by atoms with E-state index in [0.29, 0.717) is 16.5 Å². The van der Waals surface area contributed by atoms with E-state index in [9.17, 15) is 4.79 Å². The van der Waals surface area contributed by atoms with Gasteiger partial charge in [-0.2, -0.15) is 5.10 Å². The summed E-state index contributed by atoms with van der Waals surface area (Å²) in [5.41, 5.74) is -0.218. The molecule has 0 aliphatic carbocycles. The van der Waals surface area contributed by atoms with Crippen LogP contribution in [0.5, 0.6) is 11.5 Å². The number of rotatable bonds is 6. The SMILES string of the molecule is CC(C)(C)C(=O)C(c1ccccc1)(c1ccc(Oc2ccc(Cl)cc2)cc1)n1cncn1. The number of nitrogens with zero attached hydrogens (tertiary/aromatic N) is 3. The minimum Gasteiger partial charge on any atom is -0.457 e. The number of carbonyl (C=O) groups is 1. The van der Waals surface area contributed by atoms with Gasteiger partial charge in [-0.15, -0.1) is 0 Å². The third-order valence-corrected chi connectivity index (χ3v) is 5.54. The summed E-state index contributed by atoms with van der Waals surface area (Å²) in [6.45, 7) is 5.76. The summed E-state index contributed by atoms with van der Waals surface area (Å²) in [7, 11) is 0. The van der Waals surface area contributed by atoms with Gasteiger partial charge in [-0.1, -0.05) is 74.8 Å². The predicted octanol–water partition coefficient (Wildman–Crippen LogP) is 6.13. The van der Waals surface area contributed by atoms with Gasteiger partial charge < -0.3 is 4.74 Å². The van der Waals surface area contributed by atoms with Crippen molar-refractivity contribution in [2.24, 2.45) is 5.41 Å². The fourth-order valence-corrected chi connectivity index (χ4v) is 3.93. The number of ketones is 1. The van der Waals surface area contributed by atoms with Gasteiger partial charge in [-0.05, 0) is 47.5 Å². The molecular weight excluding hydrogens is 422 g/mol. The molecule has 4 rings (SSSR count). The Morgan fingerprint density at radius 3 is 1.94 bits per heavy atom. The normalized spacial score (nSPS) is 13.4. The number of aromatic nitrogens is 3. The quantitative estimate of drug-likeness (QED) is 0.358. The van der Waals surface area contributed by atoms with Crippen molar-refractivity contribution < 1.29 is 9.53 Å². The molecule has 1 atom stereocenters. The van der Waals surface area contributed by atoms with E-state index < -0.39 is 11.0 Å². The lowest BCUT2D eigenvalue weighted by atomic mass is 9.70. The highest BCUT2D eigenvalue weighted by Crippen LogP contribution is 2.40. The molecule has 32 heavy (non-hydrogen) atoms. The lowest BCUT2D eigenvalue weighted by Crippen LogP contribution is -2.49. The van der Waals surface area contributed by atoms with Crippen LogP contribution >= 0.6 is 11.6 Å². The molecule has 0 amide bonds. The summed E-state index contributed by atoms with van der Waals surface area (Å²) < 4.78 is 7.59. The average molecular weight is 446 g/mol. The van der Waals surface area contributed by atoms with Gasteiger partial charge in [0.25, 0.3) is 0 Å². The molecule has 3 aromatic carbocycles. The highest BCUT2D eigenvalue weighted by atomic mass is 35.5. The summed E-state index contributed by atoms with van der Waals surface area (Å²) in [5, 5.41) is 5.06. The number of halogens is 1. The van der Waals surface area contributed by atoms with Crippen molar-refractivity contribution in [1.82, 2.24) is 14.8 Å². The van der Waals surface area contributed by atoms with Crippen LogP contribution in [0.25, 0.3) is 0 Å². The largest absolute Gasteiger partial charge is 0.457 e.